The number of hydrogen-bond acceptors (Lipinski definition) is 1. The molecule has 0 spiro atoms. The summed E-state index contributed by atoms with van der Waals surface area (Å²) in [5.74, 6) is 0. The summed E-state index contributed by atoms with van der Waals surface area (Å²) < 4.78 is 127. The minimum absolute atomic E-state index is 0.0206. The molecule has 1 aromatic heterocycles. The van der Waals surface area contributed by atoms with Crippen LogP contribution in [0.4, 0.5) is 0 Å². The summed E-state index contributed by atoms with van der Waals surface area (Å²) in [6.07, 6.45) is 0. The van der Waals surface area contributed by atoms with E-state index in [2.05, 4.69) is 0 Å². The van der Waals surface area contributed by atoms with Crippen LogP contribution in [0.25, 0.3) is 87.6 Å². The first-order valence-electron chi connectivity index (χ1n) is 20.6. The first-order chi connectivity index (χ1) is 27.2. The zero-order chi connectivity index (χ0) is 40.5. The standard InChI is InChI=1S/C42H26O/c1-2-10-30-25-32(22-19-27(30)9-1)42-36-14-5-3-12-34(36)41(35-13-4-6-15-37(35)42)29-20-17-28(18-21-29)31-23-24-40-38(26-31)33-11-7-8-16-39(33)43-40/h1-26H/i1D,2D,7D,8D,9D,10D,11D,16D,19D,22D,23D,24D,25D,26D. The van der Waals surface area contributed by atoms with Crippen LogP contribution >= 0.6 is 0 Å². The molecule has 0 saturated heterocycles. The fraction of sp³-hybridized carbons (Fsp3) is 0. The maximum atomic E-state index is 9.33. The van der Waals surface area contributed by atoms with Gasteiger partial charge in [0.2, 0.25) is 0 Å². The summed E-state index contributed by atoms with van der Waals surface area (Å²) in [4.78, 5) is 0. The van der Waals surface area contributed by atoms with Gasteiger partial charge >= 0.3 is 0 Å². The van der Waals surface area contributed by atoms with Crippen molar-refractivity contribution in [2.45, 2.75) is 0 Å². The van der Waals surface area contributed by atoms with Crippen LogP contribution < -0.4 is 0 Å². The van der Waals surface area contributed by atoms with Crippen molar-refractivity contribution in [3.63, 3.8) is 0 Å². The number of para-hydroxylation sites is 1. The van der Waals surface area contributed by atoms with Crippen molar-refractivity contribution in [1.82, 2.24) is 0 Å². The molecule has 200 valence electrons. The molecular weight excluding hydrogens is 520 g/mol. The van der Waals surface area contributed by atoms with Gasteiger partial charge in [-0.3, -0.25) is 0 Å². The summed E-state index contributed by atoms with van der Waals surface area (Å²) in [6, 6.07) is 16.1. The molecule has 0 atom stereocenters. The van der Waals surface area contributed by atoms with Gasteiger partial charge in [-0.2, -0.15) is 0 Å². The van der Waals surface area contributed by atoms with E-state index in [0.717, 1.165) is 21.9 Å². The van der Waals surface area contributed by atoms with E-state index in [0.29, 0.717) is 21.9 Å². The van der Waals surface area contributed by atoms with E-state index in [1.807, 2.05) is 60.7 Å². The van der Waals surface area contributed by atoms with E-state index in [4.69, 9.17) is 20.9 Å². The lowest BCUT2D eigenvalue weighted by molar-refractivity contribution is 0.669. The fourth-order valence-electron chi connectivity index (χ4n) is 5.87. The van der Waals surface area contributed by atoms with Gasteiger partial charge in [0.1, 0.15) is 11.2 Å². The molecule has 9 aromatic rings. The molecule has 43 heavy (non-hydrogen) atoms. The van der Waals surface area contributed by atoms with E-state index in [-0.39, 0.29) is 74.0 Å². The lowest BCUT2D eigenvalue weighted by Gasteiger charge is -2.18. The zero-order valence-electron chi connectivity index (χ0n) is 36.3. The van der Waals surface area contributed by atoms with Gasteiger partial charge in [0, 0.05) is 10.8 Å². The van der Waals surface area contributed by atoms with Crippen LogP contribution in [0.15, 0.2) is 162 Å². The van der Waals surface area contributed by atoms with Gasteiger partial charge < -0.3 is 4.42 Å². The Kier molecular flexibility index (Phi) is 3.07. The summed E-state index contributed by atoms with van der Waals surface area (Å²) >= 11 is 0. The molecular formula is C42H26O. The van der Waals surface area contributed by atoms with Gasteiger partial charge in [0.05, 0.1) is 19.2 Å². The topological polar surface area (TPSA) is 13.1 Å². The Morgan fingerprint density at radius 2 is 0.930 bits per heavy atom. The first-order valence-corrected chi connectivity index (χ1v) is 13.6. The van der Waals surface area contributed by atoms with Crippen LogP contribution in [0.3, 0.4) is 0 Å². The van der Waals surface area contributed by atoms with Gasteiger partial charge in [0.15, 0.2) is 0 Å². The Hall–Kier alpha value is -5.66. The molecule has 1 nitrogen and oxygen atoms in total. The molecule has 0 amide bonds. The molecule has 0 fully saturated rings. The van der Waals surface area contributed by atoms with Gasteiger partial charge in [-0.1, -0.05) is 133 Å². The Labute approximate surface area is 268 Å². The van der Waals surface area contributed by atoms with Crippen molar-refractivity contribution < 1.29 is 23.6 Å². The third-order valence-electron chi connectivity index (χ3n) is 7.78. The van der Waals surface area contributed by atoms with Crippen molar-refractivity contribution in [1.29, 1.82) is 0 Å². The molecule has 0 saturated carbocycles. The highest BCUT2D eigenvalue weighted by Gasteiger charge is 2.17. The summed E-state index contributed by atoms with van der Waals surface area (Å²) in [6.45, 7) is 0. The van der Waals surface area contributed by atoms with E-state index >= 15 is 0 Å². The number of hydrogen-bond donors (Lipinski definition) is 0. The second-order valence-corrected chi connectivity index (χ2v) is 10.2. The maximum absolute atomic E-state index is 9.33. The third-order valence-corrected chi connectivity index (χ3v) is 7.78. The molecule has 0 bridgehead atoms. The second kappa shape index (κ2) is 9.44. The normalized spacial score (nSPS) is 16.3. The van der Waals surface area contributed by atoms with Crippen molar-refractivity contribution in [3.05, 3.63) is 157 Å². The Morgan fingerprint density at radius 3 is 1.65 bits per heavy atom. The molecule has 0 unspecified atom stereocenters. The van der Waals surface area contributed by atoms with Crippen LogP contribution in [-0.4, -0.2) is 0 Å². The minimum atomic E-state index is -0.539. The number of rotatable bonds is 3. The summed E-state index contributed by atoms with van der Waals surface area (Å²) in [5.41, 5.74) is 2.22. The predicted molar refractivity (Wildman–Crippen MR) is 183 cm³/mol. The molecule has 0 N–H and O–H groups in total. The van der Waals surface area contributed by atoms with Crippen LogP contribution in [0, 0.1) is 0 Å². The average molecular weight is 561 g/mol. The van der Waals surface area contributed by atoms with Crippen LogP contribution in [0.1, 0.15) is 19.2 Å². The van der Waals surface area contributed by atoms with E-state index in [1.54, 1.807) is 12.1 Å². The quantitative estimate of drug-likeness (QED) is 0.196. The van der Waals surface area contributed by atoms with Crippen molar-refractivity contribution >= 4 is 54.3 Å². The van der Waals surface area contributed by atoms with Gasteiger partial charge in [0.25, 0.3) is 0 Å². The highest BCUT2D eigenvalue weighted by molar-refractivity contribution is 6.21. The van der Waals surface area contributed by atoms with Crippen molar-refractivity contribution in [2.24, 2.45) is 0 Å². The SMILES string of the molecule is [2H]c1c([2H])c([2H])c2c(oc3c([2H])c([2H])c(-c4ccc(-c5c6ccccc6c(-c6c([2H])c([2H])c7c([2H])c([2H])c([2H])c([2H])c7c6[2H])c6ccccc56)cc4)c([2H])c32)c1[2H]. The summed E-state index contributed by atoms with van der Waals surface area (Å²) in [5, 5.41) is 2.42. The van der Waals surface area contributed by atoms with Gasteiger partial charge in [-0.05, 0) is 89.9 Å². The maximum Gasteiger partial charge on any atom is 0.135 e. The molecule has 0 aliphatic heterocycles. The number of fused-ring (bicyclic) bond motifs is 6. The average Bonchev–Trinajstić information content (AvgIpc) is 3.63. The molecule has 8 aromatic carbocycles. The molecule has 9 rings (SSSR count). The largest absolute Gasteiger partial charge is 0.456 e. The number of benzene rings is 8. The van der Waals surface area contributed by atoms with Crippen molar-refractivity contribution in [2.75, 3.05) is 0 Å². The van der Waals surface area contributed by atoms with Crippen molar-refractivity contribution in [3.8, 4) is 33.4 Å². The molecule has 0 radical (unpaired) electrons. The van der Waals surface area contributed by atoms with Crippen LogP contribution in [0.5, 0.6) is 0 Å². The smallest absolute Gasteiger partial charge is 0.135 e. The highest BCUT2D eigenvalue weighted by atomic mass is 16.3. The predicted octanol–water partition coefficient (Wildman–Crippen LogP) is 12.0. The van der Waals surface area contributed by atoms with E-state index in [9.17, 15) is 2.74 Å². The number of furan rings is 1. The molecule has 1 heterocycles. The first kappa shape index (κ1) is 14.0. The molecule has 0 aliphatic carbocycles. The minimum Gasteiger partial charge on any atom is -0.456 e. The highest BCUT2D eigenvalue weighted by Crippen LogP contribution is 2.44. The fourth-order valence-corrected chi connectivity index (χ4v) is 5.87. The van der Waals surface area contributed by atoms with Gasteiger partial charge in [-0.25, -0.2) is 0 Å². The van der Waals surface area contributed by atoms with Crippen LogP contribution in [0.2, 0.25) is 0 Å². The molecule has 0 aliphatic rings. The van der Waals surface area contributed by atoms with E-state index < -0.39 is 54.4 Å². The Bertz CT molecular complexity index is 3220. The lowest BCUT2D eigenvalue weighted by Crippen LogP contribution is -1.91. The monoisotopic (exact) mass is 560 g/mol. The second-order valence-electron chi connectivity index (χ2n) is 10.2. The molecule has 1 heteroatoms. The van der Waals surface area contributed by atoms with Crippen LogP contribution in [-0.2, 0) is 0 Å². The zero-order valence-corrected chi connectivity index (χ0v) is 22.3. The Morgan fingerprint density at radius 1 is 0.372 bits per heavy atom. The Balaban J connectivity index is 1.29. The third kappa shape index (κ3) is 3.79. The lowest BCUT2D eigenvalue weighted by atomic mass is 9.85. The van der Waals surface area contributed by atoms with Gasteiger partial charge in [-0.15, -0.1) is 0 Å². The summed E-state index contributed by atoms with van der Waals surface area (Å²) in [7, 11) is 0. The van der Waals surface area contributed by atoms with E-state index in [1.165, 1.54) is 0 Å².